The highest BCUT2D eigenvalue weighted by atomic mass is 32.2. The maximum absolute atomic E-state index is 12.8. The number of piperidine rings is 1. The van der Waals surface area contributed by atoms with Gasteiger partial charge < -0.3 is 10.1 Å². The van der Waals surface area contributed by atoms with Gasteiger partial charge in [0.2, 0.25) is 15.9 Å². The van der Waals surface area contributed by atoms with Gasteiger partial charge in [0.25, 0.3) is 0 Å². The van der Waals surface area contributed by atoms with Crippen molar-refractivity contribution in [1.82, 2.24) is 9.62 Å². The number of halogens is 3. The molecule has 0 aromatic heterocycles. The van der Waals surface area contributed by atoms with Crippen LogP contribution in [0.25, 0.3) is 0 Å². The van der Waals surface area contributed by atoms with Crippen molar-refractivity contribution >= 4 is 15.9 Å². The van der Waals surface area contributed by atoms with Crippen molar-refractivity contribution < 1.29 is 31.1 Å². The number of amides is 1. The lowest BCUT2D eigenvalue weighted by Gasteiger charge is -2.31. The second-order valence-electron chi connectivity index (χ2n) is 7.61. The van der Waals surface area contributed by atoms with E-state index in [1.54, 1.807) is 0 Å². The van der Waals surface area contributed by atoms with Gasteiger partial charge in [-0.05, 0) is 38.3 Å². The predicted octanol–water partition coefficient (Wildman–Crippen LogP) is 4.07. The van der Waals surface area contributed by atoms with E-state index in [4.69, 9.17) is 0 Å². The molecule has 1 aromatic rings. The quantitative estimate of drug-likeness (QED) is 0.576. The molecule has 6 nitrogen and oxygen atoms in total. The number of nitrogens with one attached hydrogen (secondary N) is 1. The average molecular weight is 451 g/mol. The zero-order chi connectivity index (χ0) is 22.4. The van der Waals surface area contributed by atoms with Crippen LogP contribution in [0.5, 0.6) is 5.75 Å². The lowest BCUT2D eigenvalue weighted by Crippen LogP contribution is -2.44. The van der Waals surface area contributed by atoms with Crippen molar-refractivity contribution in [1.29, 1.82) is 0 Å². The summed E-state index contributed by atoms with van der Waals surface area (Å²) in [6, 6.07) is 4.41. The minimum absolute atomic E-state index is 0.0715. The molecule has 1 unspecified atom stereocenters. The van der Waals surface area contributed by atoms with Gasteiger partial charge >= 0.3 is 6.36 Å². The molecule has 1 aliphatic rings. The van der Waals surface area contributed by atoms with E-state index in [1.807, 2.05) is 6.92 Å². The molecule has 1 amide bonds. The summed E-state index contributed by atoms with van der Waals surface area (Å²) in [5.41, 5.74) is 0. The van der Waals surface area contributed by atoms with Crippen LogP contribution in [0.4, 0.5) is 13.2 Å². The molecule has 170 valence electrons. The van der Waals surface area contributed by atoms with E-state index in [0.717, 1.165) is 37.8 Å². The molecule has 0 bridgehead atoms. The molecule has 0 aliphatic carbocycles. The molecule has 1 fully saturated rings. The van der Waals surface area contributed by atoms with Crippen LogP contribution in [0.2, 0.25) is 0 Å². The Morgan fingerprint density at radius 3 is 2.53 bits per heavy atom. The molecule has 1 saturated heterocycles. The first kappa shape index (κ1) is 24.5. The van der Waals surface area contributed by atoms with Gasteiger partial charge in [0, 0.05) is 31.1 Å². The monoisotopic (exact) mass is 450 g/mol. The Hall–Kier alpha value is -1.81. The van der Waals surface area contributed by atoms with E-state index < -0.39 is 22.1 Å². The summed E-state index contributed by atoms with van der Waals surface area (Å²) in [7, 11) is -3.97. The molecule has 1 aromatic carbocycles. The molecule has 0 spiro atoms. The number of carbonyl (C=O) groups excluding carboxylic acids is 1. The number of unbranched alkanes of at least 4 members (excludes halogenated alkanes) is 2. The van der Waals surface area contributed by atoms with Crippen LogP contribution in [0.3, 0.4) is 0 Å². The molecule has 30 heavy (non-hydrogen) atoms. The molecular formula is C20H29F3N2O4S. The van der Waals surface area contributed by atoms with Crippen LogP contribution in [0.15, 0.2) is 29.2 Å². The van der Waals surface area contributed by atoms with Crippen molar-refractivity contribution in [3.8, 4) is 5.75 Å². The number of hydrogen-bond donors (Lipinski definition) is 1. The summed E-state index contributed by atoms with van der Waals surface area (Å²) < 4.78 is 67.8. The van der Waals surface area contributed by atoms with Gasteiger partial charge in [0.15, 0.2) is 0 Å². The number of ether oxygens (including phenoxy) is 1. The van der Waals surface area contributed by atoms with Gasteiger partial charge in [-0.15, -0.1) is 13.2 Å². The lowest BCUT2D eigenvalue weighted by molar-refractivity contribution is -0.274. The normalized spacial score (nSPS) is 17.5. The average Bonchev–Trinajstić information content (AvgIpc) is 2.67. The minimum Gasteiger partial charge on any atom is -0.406 e. The van der Waals surface area contributed by atoms with Crippen molar-refractivity contribution in [3.05, 3.63) is 24.3 Å². The van der Waals surface area contributed by atoms with Gasteiger partial charge in [-0.3, -0.25) is 4.79 Å². The lowest BCUT2D eigenvalue weighted by atomic mass is 9.96. The van der Waals surface area contributed by atoms with Crippen molar-refractivity contribution in [2.24, 2.45) is 5.92 Å². The fourth-order valence-corrected chi connectivity index (χ4v) is 4.98. The third-order valence-electron chi connectivity index (χ3n) is 5.13. The fraction of sp³-hybridized carbons (Fsp3) is 0.650. The molecular weight excluding hydrogens is 421 g/mol. The minimum atomic E-state index is -4.90. The van der Waals surface area contributed by atoms with E-state index in [0.29, 0.717) is 12.8 Å². The summed E-state index contributed by atoms with van der Waals surface area (Å²) in [6.45, 7) is 4.35. The first-order chi connectivity index (χ1) is 14.0. The number of benzene rings is 1. The number of alkyl halides is 3. The molecule has 1 heterocycles. The number of hydrogen-bond acceptors (Lipinski definition) is 4. The Balaban J connectivity index is 1.94. The molecule has 1 N–H and O–H groups in total. The molecule has 0 radical (unpaired) electrons. The molecule has 1 atom stereocenters. The second-order valence-corrected chi connectivity index (χ2v) is 9.54. The Kier molecular flexibility index (Phi) is 8.54. The smallest absolute Gasteiger partial charge is 0.406 e. The standard InChI is InChI=1S/C20H29F3N2O4S/c1-3-4-5-7-15(2)24-19(26)16-10-12-25(13-11-16)30(27,28)18-9-6-8-17(14-18)29-20(21,22)23/h6,8-9,14-16H,3-5,7,10-13H2,1-2H3,(H,24,26). The number of carbonyl (C=O) groups is 1. The van der Waals surface area contributed by atoms with Crippen LogP contribution >= 0.6 is 0 Å². The van der Waals surface area contributed by atoms with Crippen LogP contribution in [-0.2, 0) is 14.8 Å². The number of rotatable bonds is 9. The van der Waals surface area contributed by atoms with E-state index in [1.165, 1.54) is 16.4 Å². The zero-order valence-corrected chi connectivity index (χ0v) is 18.1. The van der Waals surface area contributed by atoms with Crippen LogP contribution in [0, 0.1) is 5.92 Å². The highest BCUT2D eigenvalue weighted by Crippen LogP contribution is 2.28. The fourth-order valence-electron chi connectivity index (χ4n) is 3.47. The van der Waals surface area contributed by atoms with Crippen molar-refractivity contribution in [2.45, 2.75) is 69.7 Å². The van der Waals surface area contributed by atoms with Gasteiger partial charge in [0.05, 0.1) is 4.90 Å². The van der Waals surface area contributed by atoms with E-state index in [-0.39, 0.29) is 35.9 Å². The molecule has 2 rings (SSSR count). The Labute approximate surface area is 175 Å². The Morgan fingerprint density at radius 2 is 1.93 bits per heavy atom. The number of sulfonamides is 1. The second kappa shape index (κ2) is 10.5. The first-order valence-electron chi connectivity index (χ1n) is 10.2. The predicted molar refractivity (Wildman–Crippen MR) is 106 cm³/mol. The maximum Gasteiger partial charge on any atom is 0.573 e. The van der Waals surface area contributed by atoms with E-state index in [9.17, 15) is 26.4 Å². The summed E-state index contributed by atoms with van der Waals surface area (Å²) in [5.74, 6) is -0.934. The topological polar surface area (TPSA) is 75.7 Å². The van der Waals surface area contributed by atoms with Gasteiger partial charge in [-0.1, -0.05) is 32.3 Å². The molecule has 10 heteroatoms. The van der Waals surface area contributed by atoms with Crippen LogP contribution in [0.1, 0.15) is 52.4 Å². The largest absolute Gasteiger partial charge is 0.573 e. The SMILES string of the molecule is CCCCCC(C)NC(=O)C1CCN(S(=O)(=O)c2cccc(OC(F)(F)F)c2)CC1. The van der Waals surface area contributed by atoms with Crippen molar-refractivity contribution in [3.63, 3.8) is 0 Å². The highest BCUT2D eigenvalue weighted by Gasteiger charge is 2.34. The third kappa shape index (κ3) is 7.16. The maximum atomic E-state index is 12.8. The van der Waals surface area contributed by atoms with Gasteiger partial charge in [0.1, 0.15) is 5.75 Å². The van der Waals surface area contributed by atoms with E-state index in [2.05, 4.69) is 17.0 Å². The molecule has 0 saturated carbocycles. The summed E-state index contributed by atoms with van der Waals surface area (Å²) in [5, 5.41) is 2.99. The van der Waals surface area contributed by atoms with Crippen LogP contribution in [-0.4, -0.2) is 44.1 Å². The van der Waals surface area contributed by atoms with Crippen molar-refractivity contribution in [2.75, 3.05) is 13.1 Å². The highest BCUT2D eigenvalue weighted by molar-refractivity contribution is 7.89. The van der Waals surface area contributed by atoms with E-state index >= 15 is 0 Å². The molecule has 1 aliphatic heterocycles. The summed E-state index contributed by atoms with van der Waals surface area (Å²) in [6.07, 6.45) is 0.0120. The van der Waals surface area contributed by atoms with Gasteiger partial charge in [-0.2, -0.15) is 4.31 Å². The number of nitrogens with zero attached hydrogens (tertiary/aromatic N) is 1. The zero-order valence-electron chi connectivity index (χ0n) is 17.2. The van der Waals surface area contributed by atoms with Crippen LogP contribution < -0.4 is 10.1 Å². The summed E-state index contributed by atoms with van der Waals surface area (Å²) in [4.78, 5) is 12.2. The summed E-state index contributed by atoms with van der Waals surface area (Å²) >= 11 is 0. The van der Waals surface area contributed by atoms with Gasteiger partial charge in [-0.25, -0.2) is 8.42 Å². The first-order valence-corrected chi connectivity index (χ1v) is 11.6. The Bertz CT molecular complexity index is 807. The Morgan fingerprint density at radius 1 is 1.27 bits per heavy atom. The third-order valence-corrected chi connectivity index (χ3v) is 7.03.